The van der Waals surface area contributed by atoms with Crippen molar-refractivity contribution in [3.8, 4) is 0 Å². The van der Waals surface area contributed by atoms with E-state index in [0.29, 0.717) is 27.3 Å². The molecule has 1 saturated heterocycles. The number of nitrogens with one attached hydrogen (secondary N) is 2. The van der Waals surface area contributed by atoms with Gasteiger partial charge in [-0.25, -0.2) is 5.43 Å². The van der Waals surface area contributed by atoms with Crippen molar-refractivity contribution in [1.29, 1.82) is 0 Å². The molecule has 0 aromatic carbocycles. The molecule has 138 valence electrons. The first kappa shape index (κ1) is 20.3. The monoisotopic (exact) mass is 401 g/mol. The van der Waals surface area contributed by atoms with Crippen LogP contribution in [0, 0.1) is 5.92 Å². The zero-order valence-corrected chi connectivity index (χ0v) is 16.7. The molecule has 2 aliphatic rings. The second-order valence-electron chi connectivity index (χ2n) is 6.02. The summed E-state index contributed by atoms with van der Waals surface area (Å²) in [6, 6.07) is 0. The summed E-state index contributed by atoms with van der Waals surface area (Å²) in [5, 5.41) is 6.21. The quantitative estimate of drug-likeness (QED) is 0.402. The average molecular weight is 402 g/mol. The van der Waals surface area contributed by atoms with Gasteiger partial charge in [0.1, 0.15) is 0 Å². The van der Waals surface area contributed by atoms with Crippen LogP contribution in [0.2, 0.25) is 0 Å². The first-order chi connectivity index (χ1) is 12.0. The summed E-state index contributed by atoms with van der Waals surface area (Å²) in [6.45, 7) is 4.24. The van der Waals surface area contributed by atoms with E-state index in [9.17, 15) is 4.79 Å². The molecule has 1 aliphatic heterocycles. The van der Waals surface area contributed by atoms with E-state index in [1.807, 2.05) is 11.9 Å². The number of nitrogens with zero attached hydrogens (tertiary/aromatic N) is 1. The van der Waals surface area contributed by atoms with Crippen molar-refractivity contribution in [1.82, 2.24) is 15.8 Å². The highest BCUT2D eigenvalue weighted by Crippen LogP contribution is 2.28. The lowest BCUT2D eigenvalue weighted by molar-refractivity contribution is -0.144. The van der Waals surface area contributed by atoms with Gasteiger partial charge < -0.3 is 10.1 Å². The minimum atomic E-state index is -0.351. The Balaban J connectivity index is 1.93. The van der Waals surface area contributed by atoms with E-state index in [1.165, 1.54) is 0 Å². The molecular weight excluding hydrogens is 378 g/mol. The molecule has 0 amide bonds. The zero-order valence-electron chi connectivity index (χ0n) is 14.3. The van der Waals surface area contributed by atoms with Crippen LogP contribution >= 0.6 is 36.0 Å². The first-order valence-corrected chi connectivity index (χ1v) is 9.81. The van der Waals surface area contributed by atoms with E-state index in [2.05, 4.69) is 10.7 Å². The highest BCUT2D eigenvalue weighted by atomic mass is 35.5. The Bertz CT molecular complexity index is 586. The van der Waals surface area contributed by atoms with Gasteiger partial charge in [-0.05, 0) is 43.6 Å². The van der Waals surface area contributed by atoms with E-state index in [1.54, 1.807) is 12.2 Å². The number of halogens is 1. The van der Waals surface area contributed by atoms with Gasteiger partial charge in [-0.1, -0.05) is 37.2 Å². The largest absolute Gasteiger partial charge is 0.466 e. The number of hydrazine groups is 1. The van der Waals surface area contributed by atoms with Crippen LogP contribution in [0.5, 0.6) is 0 Å². The number of hydrogen-bond donors (Lipinski definition) is 2. The standard InChI is InChI=1S/C17H24ClN3O2S2/c1-2-3-10-23-15(22)11-12-13(18)6-7-14(16(12)24)20-17(25)21-9-5-4-8-19-21/h6-7,12,19H,2-5,8-11H2,1H3,(H,20,25). The molecule has 1 heterocycles. The third-order valence-corrected chi connectivity index (χ3v) is 5.27. The molecular formula is C17H24ClN3O2S2. The van der Waals surface area contributed by atoms with E-state index >= 15 is 0 Å². The lowest BCUT2D eigenvalue weighted by Crippen LogP contribution is -2.51. The number of thiocarbonyl (C=S) groups is 2. The minimum Gasteiger partial charge on any atom is -0.466 e. The second-order valence-corrected chi connectivity index (χ2v) is 7.29. The molecule has 2 N–H and O–H groups in total. The molecule has 5 nitrogen and oxygen atoms in total. The maximum atomic E-state index is 12.0. The van der Waals surface area contributed by atoms with Crippen LogP contribution in [0.3, 0.4) is 0 Å². The molecule has 1 unspecified atom stereocenters. The maximum Gasteiger partial charge on any atom is 0.306 e. The molecule has 0 saturated carbocycles. The predicted octanol–water partition coefficient (Wildman–Crippen LogP) is 3.20. The Morgan fingerprint density at radius 2 is 2.28 bits per heavy atom. The molecule has 0 radical (unpaired) electrons. The highest BCUT2D eigenvalue weighted by Gasteiger charge is 2.28. The molecule has 1 aliphatic carbocycles. The van der Waals surface area contributed by atoms with Crippen molar-refractivity contribution >= 4 is 52.0 Å². The molecule has 0 spiro atoms. The number of esters is 1. The molecule has 8 heteroatoms. The van der Waals surface area contributed by atoms with E-state index < -0.39 is 0 Å². The van der Waals surface area contributed by atoms with Crippen molar-refractivity contribution in [2.75, 3.05) is 19.7 Å². The molecule has 0 aromatic rings. The molecule has 0 aromatic heterocycles. The van der Waals surface area contributed by atoms with E-state index in [4.69, 9.17) is 40.8 Å². The third-order valence-electron chi connectivity index (χ3n) is 4.05. The van der Waals surface area contributed by atoms with Crippen LogP contribution < -0.4 is 10.7 Å². The molecule has 2 rings (SSSR count). The Hall–Kier alpha value is -1.02. The Morgan fingerprint density at radius 3 is 2.96 bits per heavy atom. The van der Waals surface area contributed by atoms with Crippen molar-refractivity contribution in [2.24, 2.45) is 5.92 Å². The number of unbranched alkanes of at least 4 members (excludes halogenated alkanes) is 1. The van der Waals surface area contributed by atoms with Gasteiger partial charge in [0, 0.05) is 28.9 Å². The summed E-state index contributed by atoms with van der Waals surface area (Å²) < 4.78 is 5.23. The Labute approximate surface area is 164 Å². The topological polar surface area (TPSA) is 53.6 Å². The minimum absolute atomic E-state index is 0.144. The average Bonchev–Trinajstić information content (AvgIpc) is 2.62. The van der Waals surface area contributed by atoms with E-state index in [-0.39, 0.29) is 18.3 Å². The summed E-state index contributed by atoms with van der Waals surface area (Å²) in [4.78, 5) is 12.6. The number of carbonyl (C=O) groups is 1. The fourth-order valence-electron chi connectivity index (χ4n) is 2.57. The molecule has 0 bridgehead atoms. The summed E-state index contributed by atoms with van der Waals surface area (Å²) in [6.07, 6.45) is 7.78. The fourth-order valence-corrected chi connectivity index (χ4v) is 3.48. The summed E-state index contributed by atoms with van der Waals surface area (Å²) in [7, 11) is 0. The predicted molar refractivity (Wildman–Crippen MR) is 108 cm³/mol. The Morgan fingerprint density at radius 1 is 1.48 bits per heavy atom. The number of allylic oxidation sites excluding steroid dienone is 4. The van der Waals surface area contributed by atoms with Gasteiger partial charge in [-0.2, -0.15) is 0 Å². The SMILES string of the molecule is CCCCOC(=O)CC1C(=S)C(NC(=S)N2CCCCN2)=CC=C1Cl. The zero-order chi connectivity index (χ0) is 18.2. The van der Waals surface area contributed by atoms with Crippen LogP contribution in [-0.4, -0.2) is 40.7 Å². The van der Waals surface area contributed by atoms with Gasteiger partial charge in [0.15, 0.2) is 5.11 Å². The van der Waals surface area contributed by atoms with Gasteiger partial charge in [0.25, 0.3) is 0 Å². The van der Waals surface area contributed by atoms with Crippen LogP contribution in [0.1, 0.15) is 39.0 Å². The van der Waals surface area contributed by atoms with Crippen LogP contribution in [0.25, 0.3) is 0 Å². The number of rotatable bonds is 6. The smallest absolute Gasteiger partial charge is 0.306 e. The van der Waals surface area contributed by atoms with Crippen molar-refractivity contribution in [3.05, 3.63) is 22.9 Å². The summed E-state index contributed by atoms with van der Waals surface area (Å²) >= 11 is 17.2. The Kier molecular flexibility index (Phi) is 8.29. The first-order valence-electron chi connectivity index (χ1n) is 8.62. The summed E-state index contributed by atoms with van der Waals surface area (Å²) in [5.74, 6) is -0.635. The third kappa shape index (κ3) is 6.02. The lowest BCUT2D eigenvalue weighted by atomic mass is 9.94. The van der Waals surface area contributed by atoms with Crippen LogP contribution in [0.15, 0.2) is 22.9 Å². The maximum absolute atomic E-state index is 12.0. The number of ether oxygens (including phenoxy) is 1. The molecule has 25 heavy (non-hydrogen) atoms. The second kappa shape index (κ2) is 10.2. The number of hydrogen-bond acceptors (Lipinski definition) is 5. The van der Waals surface area contributed by atoms with Gasteiger partial charge >= 0.3 is 5.97 Å². The summed E-state index contributed by atoms with van der Waals surface area (Å²) in [5.41, 5.74) is 3.96. The van der Waals surface area contributed by atoms with Gasteiger partial charge in [-0.15, -0.1) is 0 Å². The van der Waals surface area contributed by atoms with Crippen molar-refractivity contribution in [3.63, 3.8) is 0 Å². The van der Waals surface area contributed by atoms with Gasteiger partial charge in [0.2, 0.25) is 0 Å². The highest BCUT2D eigenvalue weighted by molar-refractivity contribution is 7.81. The van der Waals surface area contributed by atoms with Crippen LogP contribution in [-0.2, 0) is 9.53 Å². The molecule has 1 atom stereocenters. The number of carbonyl (C=O) groups excluding carboxylic acids is 1. The van der Waals surface area contributed by atoms with Gasteiger partial charge in [-0.3, -0.25) is 9.80 Å². The van der Waals surface area contributed by atoms with Crippen LogP contribution in [0.4, 0.5) is 0 Å². The normalized spacial score (nSPS) is 20.6. The van der Waals surface area contributed by atoms with Gasteiger partial charge in [0.05, 0.1) is 18.7 Å². The lowest BCUT2D eigenvalue weighted by Gasteiger charge is -2.31. The fraction of sp³-hybridized carbons (Fsp3) is 0.588. The molecule has 1 fully saturated rings. The van der Waals surface area contributed by atoms with E-state index in [0.717, 1.165) is 38.8 Å². The van der Waals surface area contributed by atoms with Crippen molar-refractivity contribution in [2.45, 2.75) is 39.0 Å². The van der Waals surface area contributed by atoms with Crippen molar-refractivity contribution < 1.29 is 9.53 Å².